The molecule has 0 saturated carbocycles. The van der Waals surface area contributed by atoms with Crippen LogP contribution in [0.1, 0.15) is 26.7 Å². The van der Waals surface area contributed by atoms with E-state index in [0.717, 1.165) is 13.0 Å². The average molecular weight is 285 g/mol. The Labute approximate surface area is 119 Å². The topological polar surface area (TPSA) is 50.4 Å². The second kappa shape index (κ2) is 8.02. The van der Waals surface area contributed by atoms with Gasteiger partial charge in [0, 0.05) is 17.5 Å². The van der Waals surface area contributed by atoms with E-state index in [-0.39, 0.29) is 5.91 Å². The number of nitrogens with one attached hydrogen (secondary N) is 2. The van der Waals surface area contributed by atoms with Gasteiger partial charge in [0.05, 0.1) is 12.8 Å². The lowest BCUT2D eigenvalue weighted by Gasteiger charge is -2.11. The van der Waals surface area contributed by atoms with Gasteiger partial charge in [0.25, 0.3) is 0 Å². The highest BCUT2D eigenvalue weighted by Gasteiger charge is 2.08. The van der Waals surface area contributed by atoms with Crippen LogP contribution in [-0.2, 0) is 4.79 Å². The largest absolute Gasteiger partial charge is 0.495 e. The third-order valence-corrected chi connectivity index (χ3v) is 2.80. The minimum absolute atomic E-state index is 0.0360. The highest BCUT2D eigenvalue weighted by atomic mass is 35.5. The first-order chi connectivity index (χ1) is 9.02. The molecule has 1 aromatic carbocycles. The van der Waals surface area contributed by atoms with Crippen LogP contribution in [0.5, 0.6) is 5.75 Å². The molecule has 5 heteroatoms. The first-order valence-corrected chi connectivity index (χ1v) is 6.77. The third kappa shape index (κ3) is 5.94. The van der Waals surface area contributed by atoms with Crippen molar-refractivity contribution < 1.29 is 9.53 Å². The summed E-state index contributed by atoms with van der Waals surface area (Å²) >= 11 is 5.90. The van der Waals surface area contributed by atoms with E-state index in [4.69, 9.17) is 16.3 Å². The van der Waals surface area contributed by atoms with Crippen LogP contribution in [0.4, 0.5) is 5.69 Å². The molecule has 1 rings (SSSR count). The summed E-state index contributed by atoms with van der Waals surface area (Å²) in [7, 11) is 1.56. The number of hydrogen-bond donors (Lipinski definition) is 2. The number of rotatable bonds is 7. The van der Waals surface area contributed by atoms with Gasteiger partial charge in [0.2, 0.25) is 5.91 Å². The lowest BCUT2D eigenvalue weighted by Crippen LogP contribution is -2.24. The first kappa shape index (κ1) is 15.8. The monoisotopic (exact) mass is 284 g/mol. The van der Waals surface area contributed by atoms with Gasteiger partial charge in [-0.1, -0.05) is 25.4 Å². The fourth-order valence-corrected chi connectivity index (χ4v) is 1.80. The van der Waals surface area contributed by atoms with Crippen molar-refractivity contribution in [1.82, 2.24) is 5.32 Å². The van der Waals surface area contributed by atoms with E-state index in [1.165, 1.54) is 0 Å². The van der Waals surface area contributed by atoms with Gasteiger partial charge in [-0.05, 0) is 31.2 Å². The van der Waals surface area contributed by atoms with Crippen molar-refractivity contribution in [3.05, 3.63) is 23.2 Å². The zero-order valence-electron chi connectivity index (χ0n) is 11.6. The Balaban J connectivity index is 2.45. The van der Waals surface area contributed by atoms with Crippen molar-refractivity contribution in [2.75, 3.05) is 19.0 Å². The smallest absolute Gasteiger partial charge is 0.224 e. The van der Waals surface area contributed by atoms with E-state index in [1.807, 2.05) is 0 Å². The summed E-state index contributed by atoms with van der Waals surface area (Å²) in [6.45, 7) is 4.99. The van der Waals surface area contributed by atoms with E-state index in [2.05, 4.69) is 24.5 Å². The van der Waals surface area contributed by atoms with Gasteiger partial charge < -0.3 is 15.4 Å². The fourth-order valence-electron chi connectivity index (χ4n) is 1.63. The molecule has 0 bridgehead atoms. The van der Waals surface area contributed by atoms with Crippen molar-refractivity contribution in [2.24, 2.45) is 0 Å². The molecule has 4 nitrogen and oxygen atoms in total. The van der Waals surface area contributed by atoms with Crippen LogP contribution in [0.25, 0.3) is 0 Å². The molecule has 1 amide bonds. The number of benzene rings is 1. The second-order valence-electron chi connectivity index (χ2n) is 4.61. The van der Waals surface area contributed by atoms with Crippen LogP contribution in [-0.4, -0.2) is 25.6 Å². The van der Waals surface area contributed by atoms with Crippen LogP contribution in [0.2, 0.25) is 5.02 Å². The third-order valence-electron chi connectivity index (χ3n) is 2.57. The predicted molar refractivity (Wildman–Crippen MR) is 79.0 cm³/mol. The number of anilines is 1. The van der Waals surface area contributed by atoms with Crippen molar-refractivity contribution in [1.29, 1.82) is 0 Å². The SMILES string of the molecule is COc1ccc(Cl)cc1NC(=O)CCCNC(C)C. The van der Waals surface area contributed by atoms with Crippen molar-refractivity contribution in [3.8, 4) is 5.75 Å². The average Bonchev–Trinajstić information content (AvgIpc) is 2.35. The molecule has 0 saturated heterocycles. The number of ether oxygens (including phenoxy) is 1. The number of carbonyl (C=O) groups excluding carboxylic acids is 1. The number of hydrogen-bond acceptors (Lipinski definition) is 3. The van der Waals surface area contributed by atoms with Gasteiger partial charge in [-0.25, -0.2) is 0 Å². The molecular formula is C14H21ClN2O2. The Morgan fingerprint density at radius 3 is 2.79 bits per heavy atom. The van der Waals surface area contributed by atoms with Crippen molar-refractivity contribution >= 4 is 23.2 Å². The van der Waals surface area contributed by atoms with E-state index < -0.39 is 0 Å². The van der Waals surface area contributed by atoms with Crippen LogP contribution < -0.4 is 15.4 Å². The molecule has 0 radical (unpaired) electrons. The summed E-state index contributed by atoms with van der Waals surface area (Å²) in [6, 6.07) is 5.59. The maximum absolute atomic E-state index is 11.8. The fraction of sp³-hybridized carbons (Fsp3) is 0.500. The van der Waals surface area contributed by atoms with Gasteiger partial charge in [-0.15, -0.1) is 0 Å². The van der Waals surface area contributed by atoms with E-state index in [1.54, 1.807) is 25.3 Å². The van der Waals surface area contributed by atoms with Gasteiger partial charge in [-0.3, -0.25) is 4.79 Å². The number of halogens is 1. The summed E-state index contributed by atoms with van der Waals surface area (Å²) in [6.07, 6.45) is 1.27. The summed E-state index contributed by atoms with van der Waals surface area (Å²) in [5.74, 6) is 0.573. The zero-order valence-corrected chi connectivity index (χ0v) is 12.4. The molecule has 0 unspecified atom stereocenters. The molecule has 0 heterocycles. The summed E-state index contributed by atoms with van der Waals surface area (Å²) in [5.41, 5.74) is 0.608. The quantitative estimate of drug-likeness (QED) is 0.757. The Morgan fingerprint density at radius 1 is 1.42 bits per heavy atom. The molecule has 0 fully saturated rings. The lowest BCUT2D eigenvalue weighted by molar-refractivity contribution is -0.116. The number of amides is 1. The molecule has 0 atom stereocenters. The molecule has 2 N–H and O–H groups in total. The van der Waals surface area contributed by atoms with Crippen molar-refractivity contribution in [2.45, 2.75) is 32.7 Å². The standard InChI is InChI=1S/C14H21ClN2O2/c1-10(2)16-8-4-5-14(18)17-12-9-11(15)6-7-13(12)19-3/h6-7,9-10,16H,4-5,8H2,1-3H3,(H,17,18). The molecule has 106 valence electrons. The van der Waals surface area contributed by atoms with E-state index >= 15 is 0 Å². The molecule has 0 aliphatic heterocycles. The van der Waals surface area contributed by atoms with Crippen LogP contribution in [0, 0.1) is 0 Å². The van der Waals surface area contributed by atoms with Gasteiger partial charge in [0.15, 0.2) is 0 Å². The normalized spacial score (nSPS) is 10.6. The predicted octanol–water partition coefficient (Wildman–Crippen LogP) is 3.07. The number of carbonyl (C=O) groups is 1. The highest BCUT2D eigenvalue weighted by Crippen LogP contribution is 2.27. The van der Waals surface area contributed by atoms with E-state index in [9.17, 15) is 4.79 Å². The maximum atomic E-state index is 11.8. The first-order valence-electron chi connectivity index (χ1n) is 6.39. The second-order valence-corrected chi connectivity index (χ2v) is 5.04. The summed E-state index contributed by atoms with van der Waals surface area (Å²) in [5, 5.41) is 6.65. The minimum Gasteiger partial charge on any atom is -0.495 e. The van der Waals surface area contributed by atoms with E-state index in [0.29, 0.717) is 28.9 Å². The molecule has 0 aromatic heterocycles. The maximum Gasteiger partial charge on any atom is 0.224 e. The Morgan fingerprint density at radius 2 is 2.16 bits per heavy atom. The number of methoxy groups -OCH3 is 1. The highest BCUT2D eigenvalue weighted by molar-refractivity contribution is 6.31. The Bertz CT molecular complexity index is 422. The van der Waals surface area contributed by atoms with Gasteiger partial charge in [-0.2, -0.15) is 0 Å². The van der Waals surface area contributed by atoms with Gasteiger partial charge >= 0.3 is 0 Å². The Kier molecular flexibility index (Phi) is 6.67. The molecule has 0 aliphatic rings. The van der Waals surface area contributed by atoms with Gasteiger partial charge in [0.1, 0.15) is 5.75 Å². The molecule has 19 heavy (non-hydrogen) atoms. The zero-order chi connectivity index (χ0) is 14.3. The minimum atomic E-state index is -0.0360. The van der Waals surface area contributed by atoms with Crippen molar-refractivity contribution in [3.63, 3.8) is 0 Å². The molecular weight excluding hydrogens is 264 g/mol. The summed E-state index contributed by atoms with van der Waals surface area (Å²) in [4.78, 5) is 11.8. The molecule has 0 aliphatic carbocycles. The van der Waals surface area contributed by atoms with Crippen LogP contribution >= 0.6 is 11.6 Å². The molecule has 1 aromatic rings. The Hall–Kier alpha value is -1.26. The van der Waals surface area contributed by atoms with Crippen LogP contribution in [0.15, 0.2) is 18.2 Å². The summed E-state index contributed by atoms with van der Waals surface area (Å²) < 4.78 is 5.17. The molecule has 0 spiro atoms. The van der Waals surface area contributed by atoms with Crippen LogP contribution in [0.3, 0.4) is 0 Å². The lowest BCUT2D eigenvalue weighted by atomic mass is 10.2.